The fourth-order valence-corrected chi connectivity index (χ4v) is 3.39. The third-order valence-corrected chi connectivity index (χ3v) is 4.56. The van der Waals surface area contributed by atoms with Gasteiger partial charge in [-0.15, -0.1) is 0 Å². The van der Waals surface area contributed by atoms with Crippen molar-refractivity contribution in [3.05, 3.63) is 33.1 Å². The van der Waals surface area contributed by atoms with Crippen molar-refractivity contribution >= 4 is 23.2 Å². The number of pyridine rings is 1. The number of hydrogen-bond donors (Lipinski definition) is 1. The normalized spacial score (nSPS) is 27.4. The summed E-state index contributed by atoms with van der Waals surface area (Å²) in [5, 5.41) is 13.7. The molecule has 8 heteroatoms. The Kier molecular flexibility index (Phi) is 3.77. The van der Waals surface area contributed by atoms with Crippen LogP contribution in [0.4, 0.5) is 5.69 Å². The number of rotatable bonds is 3. The minimum absolute atomic E-state index is 0.0311. The monoisotopic (exact) mass is 310 g/mol. The number of hydrogen-bond acceptors (Lipinski definition) is 5. The summed E-state index contributed by atoms with van der Waals surface area (Å²) in [5.74, 6) is 0.0000605. The quantitative estimate of drug-likeness (QED) is 0.519. The molecule has 1 aromatic rings. The summed E-state index contributed by atoms with van der Waals surface area (Å²) in [5.41, 5.74) is -0.464. The molecule has 4 heterocycles. The summed E-state index contributed by atoms with van der Waals surface area (Å²) in [6, 6.07) is 1.38. The second-order valence-electron chi connectivity index (χ2n) is 5.47. The Labute approximate surface area is 126 Å². The molecule has 1 N–H and O–H groups in total. The summed E-state index contributed by atoms with van der Waals surface area (Å²) < 4.78 is 0. The second kappa shape index (κ2) is 5.57. The zero-order valence-corrected chi connectivity index (χ0v) is 12.0. The van der Waals surface area contributed by atoms with Crippen molar-refractivity contribution in [3.63, 3.8) is 0 Å². The van der Waals surface area contributed by atoms with Crippen LogP contribution in [0.15, 0.2) is 12.3 Å². The number of carbonyl (C=O) groups excluding carboxylic acids is 1. The maximum Gasteiger partial charge on any atom is 0.319 e. The third kappa shape index (κ3) is 2.71. The molecule has 4 rings (SSSR count). The molecule has 0 saturated carbocycles. The van der Waals surface area contributed by atoms with E-state index in [1.54, 1.807) is 0 Å². The zero-order valence-electron chi connectivity index (χ0n) is 11.3. The summed E-state index contributed by atoms with van der Waals surface area (Å²) in [6.45, 7) is 2.94. The van der Waals surface area contributed by atoms with Crippen LogP contribution in [-0.2, 0) is 0 Å². The van der Waals surface area contributed by atoms with Gasteiger partial charge in [0.25, 0.3) is 5.91 Å². The summed E-state index contributed by atoms with van der Waals surface area (Å²) in [6.07, 6.45) is 3.43. The minimum atomic E-state index is -0.666. The molecule has 1 aromatic heterocycles. The molecular formula is C13H15ClN4O3. The fraction of sp³-hybridized carbons (Fsp3) is 0.538. The van der Waals surface area contributed by atoms with Crippen molar-refractivity contribution in [3.8, 4) is 0 Å². The maximum atomic E-state index is 12.3. The molecule has 2 bridgehead atoms. The highest BCUT2D eigenvalue weighted by Crippen LogP contribution is 2.29. The molecular weight excluding hydrogens is 296 g/mol. The highest BCUT2D eigenvalue weighted by atomic mass is 35.5. The number of piperidine rings is 3. The van der Waals surface area contributed by atoms with Gasteiger partial charge < -0.3 is 10.2 Å². The van der Waals surface area contributed by atoms with Gasteiger partial charge in [-0.25, -0.2) is 4.98 Å². The van der Waals surface area contributed by atoms with E-state index in [1.165, 1.54) is 12.3 Å². The Balaban J connectivity index is 1.80. The molecule has 1 atom stereocenters. The summed E-state index contributed by atoms with van der Waals surface area (Å²) in [7, 11) is 0. The smallest absolute Gasteiger partial charge is 0.319 e. The van der Waals surface area contributed by atoms with Gasteiger partial charge in [0.05, 0.1) is 4.92 Å². The van der Waals surface area contributed by atoms with Crippen LogP contribution in [0.5, 0.6) is 0 Å². The van der Waals surface area contributed by atoms with E-state index >= 15 is 0 Å². The molecule has 1 amide bonds. The number of aromatic nitrogens is 1. The number of carbonyl (C=O) groups is 1. The highest BCUT2D eigenvalue weighted by molar-refractivity contribution is 6.32. The molecule has 3 aliphatic heterocycles. The van der Waals surface area contributed by atoms with Crippen LogP contribution in [-0.4, -0.2) is 46.4 Å². The van der Waals surface area contributed by atoms with E-state index in [0.717, 1.165) is 32.5 Å². The van der Waals surface area contributed by atoms with Crippen LogP contribution in [0.1, 0.15) is 23.2 Å². The number of nitrogens with one attached hydrogen (secondary N) is 1. The van der Waals surface area contributed by atoms with Crippen molar-refractivity contribution in [2.24, 2.45) is 5.92 Å². The van der Waals surface area contributed by atoms with E-state index in [1.807, 2.05) is 0 Å². The summed E-state index contributed by atoms with van der Waals surface area (Å²) >= 11 is 5.73. The van der Waals surface area contributed by atoms with Crippen LogP contribution in [0, 0.1) is 16.0 Å². The van der Waals surface area contributed by atoms with E-state index in [-0.39, 0.29) is 16.8 Å². The zero-order chi connectivity index (χ0) is 15.0. The molecule has 7 nitrogen and oxygen atoms in total. The first kappa shape index (κ1) is 14.2. The maximum absolute atomic E-state index is 12.3. The first-order valence-corrected chi connectivity index (χ1v) is 7.26. The Morgan fingerprint density at radius 2 is 2.19 bits per heavy atom. The first-order chi connectivity index (χ1) is 10.1. The predicted molar refractivity (Wildman–Crippen MR) is 76.3 cm³/mol. The van der Waals surface area contributed by atoms with Gasteiger partial charge >= 0.3 is 5.69 Å². The van der Waals surface area contributed by atoms with Gasteiger partial charge in [0, 0.05) is 18.8 Å². The Bertz CT molecular complexity index is 587. The van der Waals surface area contributed by atoms with Crippen molar-refractivity contribution in [2.45, 2.75) is 18.9 Å². The minimum Gasteiger partial charge on any atom is -0.348 e. The van der Waals surface area contributed by atoms with Gasteiger partial charge in [0.15, 0.2) is 0 Å². The molecule has 0 aliphatic carbocycles. The molecule has 3 fully saturated rings. The van der Waals surface area contributed by atoms with E-state index < -0.39 is 16.5 Å². The third-order valence-electron chi connectivity index (χ3n) is 4.28. The van der Waals surface area contributed by atoms with Crippen LogP contribution in [0.2, 0.25) is 5.15 Å². The van der Waals surface area contributed by atoms with Gasteiger partial charge in [-0.1, -0.05) is 11.6 Å². The lowest BCUT2D eigenvalue weighted by Gasteiger charge is -2.44. The Morgan fingerprint density at radius 3 is 2.76 bits per heavy atom. The number of halogens is 1. The first-order valence-electron chi connectivity index (χ1n) is 6.88. The van der Waals surface area contributed by atoms with Crippen molar-refractivity contribution in [1.29, 1.82) is 0 Å². The van der Waals surface area contributed by atoms with Gasteiger partial charge in [-0.2, -0.15) is 0 Å². The van der Waals surface area contributed by atoms with Crippen molar-refractivity contribution in [1.82, 2.24) is 15.2 Å². The molecule has 3 aliphatic rings. The molecule has 3 saturated heterocycles. The van der Waals surface area contributed by atoms with E-state index in [0.29, 0.717) is 5.92 Å². The van der Waals surface area contributed by atoms with Crippen LogP contribution < -0.4 is 5.32 Å². The molecule has 0 radical (unpaired) electrons. The van der Waals surface area contributed by atoms with Gasteiger partial charge in [-0.05, 0) is 37.9 Å². The predicted octanol–water partition coefficient (Wildman–Crippen LogP) is 1.47. The fourth-order valence-electron chi connectivity index (χ4n) is 3.16. The average molecular weight is 311 g/mol. The lowest BCUT2D eigenvalue weighted by molar-refractivity contribution is -0.385. The van der Waals surface area contributed by atoms with Gasteiger partial charge in [0.2, 0.25) is 5.15 Å². The molecule has 21 heavy (non-hydrogen) atoms. The Morgan fingerprint density at radius 1 is 1.48 bits per heavy atom. The highest BCUT2D eigenvalue weighted by Gasteiger charge is 2.36. The molecule has 0 aromatic carbocycles. The van der Waals surface area contributed by atoms with Crippen LogP contribution in [0.25, 0.3) is 0 Å². The molecule has 1 unspecified atom stereocenters. The van der Waals surface area contributed by atoms with Crippen molar-refractivity contribution < 1.29 is 9.72 Å². The van der Waals surface area contributed by atoms with Crippen molar-refractivity contribution in [2.75, 3.05) is 19.6 Å². The number of amides is 1. The van der Waals surface area contributed by atoms with Gasteiger partial charge in [-0.3, -0.25) is 14.9 Å². The van der Waals surface area contributed by atoms with E-state index in [2.05, 4.69) is 15.2 Å². The number of nitrogens with zero attached hydrogens (tertiary/aromatic N) is 3. The SMILES string of the molecule is O=C(NC1CN2CCC1CC2)c1ccnc(Cl)c1[N+](=O)[O-]. The molecule has 112 valence electrons. The lowest BCUT2D eigenvalue weighted by atomic mass is 9.84. The lowest BCUT2D eigenvalue weighted by Crippen LogP contribution is -2.57. The number of nitro groups is 1. The summed E-state index contributed by atoms with van der Waals surface area (Å²) in [4.78, 5) is 28.7. The average Bonchev–Trinajstić information content (AvgIpc) is 2.47. The number of fused-ring (bicyclic) bond motifs is 3. The van der Waals surface area contributed by atoms with Crippen LogP contribution >= 0.6 is 11.6 Å². The Hall–Kier alpha value is -1.73. The largest absolute Gasteiger partial charge is 0.348 e. The van der Waals surface area contributed by atoms with Crippen LogP contribution in [0.3, 0.4) is 0 Å². The van der Waals surface area contributed by atoms with Gasteiger partial charge in [0.1, 0.15) is 5.56 Å². The topological polar surface area (TPSA) is 88.4 Å². The standard InChI is InChI=1S/C13H15ClN4O3/c14-12-11(18(20)21)9(1-4-15-12)13(19)16-10-7-17-5-2-8(10)3-6-17/h1,4,8,10H,2-3,5-7H2,(H,16,19). The van der Waals surface area contributed by atoms with E-state index in [4.69, 9.17) is 11.6 Å². The second-order valence-corrected chi connectivity index (χ2v) is 5.83. The molecule has 0 spiro atoms. The van der Waals surface area contributed by atoms with E-state index in [9.17, 15) is 14.9 Å².